The molecule has 1 unspecified atom stereocenters. The summed E-state index contributed by atoms with van der Waals surface area (Å²) in [5.74, 6) is 1.08. The molecule has 4 aromatic rings. The largest absolute Gasteiger partial charge is 0.376 e. The highest BCUT2D eigenvalue weighted by Gasteiger charge is 2.43. The number of piperidine rings is 3. The Labute approximate surface area is 210 Å². The summed E-state index contributed by atoms with van der Waals surface area (Å²) in [6.45, 7) is 6.57. The minimum absolute atomic E-state index is 0.146. The number of para-hydroxylation sites is 1. The SMILES string of the molecule is C=C[C@H]1CN2CC[C@H]1C[C@H]2[C@H](Nc1c(NCc2ccccc2)c(=O)c1=O)c1ccnc2ccccc12. The molecule has 6 nitrogen and oxygen atoms in total. The van der Waals surface area contributed by atoms with Crippen molar-refractivity contribution in [1.29, 1.82) is 0 Å². The van der Waals surface area contributed by atoms with Crippen molar-refractivity contribution < 1.29 is 0 Å². The summed E-state index contributed by atoms with van der Waals surface area (Å²) in [7, 11) is 0. The zero-order chi connectivity index (χ0) is 24.6. The first kappa shape index (κ1) is 22.7. The first-order valence-corrected chi connectivity index (χ1v) is 12.7. The lowest BCUT2D eigenvalue weighted by Crippen LogP contribution is -2.56. The predicted molar refractivity (Wildman–Crippen MR) is 145 cm³/mol. The number of anilines is 2. The molecule has 3 saturated heterocycles. The van der Waals surface area contributed by atoms with Gasteiger partial charge in [0.1, 0.15) is 11.4 Å². The first-order chi connectivity index (χ1) is 17.6. The zero-order valence-electron chi connectivity index (χ0n) is 20.2. The molecule has 182 valence electrons. The van der Waals surface area contributed by atoms with E-state index in [9.17, 15) is 9.59 Å². The maximum Gasteiger partial charge on any atom is 0.253 e. The van der Waals surface area contributed by atoms with E-state index in [-0.39, 0.29) is 12.1 Å². The molecule has 0 saturated carbocycles. The number of fused-ring (bicyclic) bond motifs is 4. The van der Waals surface area contributed by atoms with E-state index in [2.05, 4.69) is 45.3 Å². The van der Waals surface area contributed by atoms with Gasteiger partial charge in [0.2, 0.25) is 0 Å². The van der Waals surface area contributed by atoms with Crippen LogP contribution in [-0.2, 0) is 6.54 Å². The molecule has 0 amide bonds. The Morgan fingerprint density at radius 1 is 1.03 bits per heavy atom. The summed E-state index contributed by atoms with van der Waals surface area (Å²) in [5, 5.41) is 7.86. The Bertz CT molecular complexity index is 1470. The monoisotopic (exact) mass is 478 g/mol. The summed E-state index contributed by atoms with van der Waals surface area (Å²) in [6.07, 6.45) is 6.12. The number of hydrogen-bond acceptors (Lipinski definition) is 6. The van der Waals surface area contributed by atoms with Crippen LogP contribution in [0, 0.1) is 11.8 Å². The smallest absolute Gasteiger partial charge is 0.253 e. The number of hydrogen-bond donors (Lipinski definition) is 2. The molecule has 1 aromatic heterocycles. The van der Waals surface area contributed by atoms with E-state index in [1.54, 1.807) is 0 Å². The van der Waals surface area contributed by atoms with Gasteiger partial charge in [0.15, 0.2) is 0 Å². The van der Waals surface area contributed by atoms with E-state index in [1.165, 1.54) is 6.42 Å². The molecular weight excluding hydrogens is 448 g/mol. The van der Waals surface area contributed by atoms with Crippen molar-refractivity contribution in [2.24, 2.45) is 11.8 Å². The summed E-state index contributed by atoms with van der Waals surface area (Å²) in [6, 6.07) is 20.1. The van der Waals surface area contributed by atoms with Gasteiger partial charge < -0.3 is 10.6 Å². The van der Waals surface area contributed by atoms with Gasteiger partial charge in [0, 0.05) is 30.7 Å². The van der Waals surface area contributed by atoms with Crippen LogP contribution in [0.4, 0.5) is 11.4 Å². The molecule has 2 N–H and O–H groups in total. The van der Waals surface area contributed by atoms with E-state index < -0.39 is 10.9 Å². The van der Waals surface area contributed by atoms with Crippen molar-refractivity contribution in [1.82, 2.24) is 9.88 Å². The number of benzene rings is 2. The van der Waals surface area contributed by atoms with Crippen LogP contribution in [0.1, 0.15) is 30.0 Å². The van der Waals surface area contributed by atoms with Gasteiger partial charge in [0.25, 0.3) is 10.9 Å². The van der Waals surface area contributed by atoms with Gasteiger partial charge in [0.05, 0.1) is 11.6 Å². The Morgan fingerprint density at radius 3 is 2.58 bits per heavy atom. The number of aromatic nitrogens is 1. The Hall–Kier alpha value is -3.77. The van der Waals surface area contributed by atoms with Gasteiger partial charge in [-0.2, -0.15) is 0 Å². The van der Waals surface area contributed by atoms with Crippen LogP contribution >= 0.6 is 0 Å². The molecule has 3 aliphatic rings. The van der Waals surface area contributed by atoms with Crippen LogP contribution in [-0.4, -0.2) is 29.0 Å². The maximum absolute atomic E-state index is 12.8. The molecule has 5 atom stereocenters. The lowest BCUT2D eigenvalue weighted by atomic mass is 9.73. The van der Waals surface area contributed by atoms with Crippen molar-refractivity contribution in [2.75, 3.05) is 23.7 Å². The van der Waals surface area contributed by atoms with Crippen molar-refractivity contribution in [3.8, 4) is 0 Å². The first-order valence-electron chi connectivity index (χ1n) is 12.7. The Balaban J connectivity index is 1.37. The molecule has 2 bridgehead atoms. The van der Waals surface area contributed by atoms with Gasteiger partial charge in [-0.3, -0.25) is 19.5 Å². The van der Waals surface area contributed by atoms with E-state index in [1.807, 2.05) is 54.7 Å². The van der Waals surface area contributed by atoms with Crippen LogP contribution in [0.5, 0.6) is 0 Å². The van der Waals surface area contributed by atoms with Crippen LogP contribution in [0.25, 0.3) is 10.9 Å². The molecule has 3 aromatic carbocycles. The summed E-state index contributed by atoms with van der Waals surface area (Å²) >= 11 is 0. The van der Waals surface area contributed by atoms with Crippen molar-refractivity contribution in [3.05, 3.63) is 111 Å². The molecule has 0 spiro atoms. The molecule has 4 heterocycles. The van der Waals surface area contributed by atoms with Crippen molar-refractivity contribution in [2.45, 2.75) is 31.5 Å². The quantitative estimate of drug-likeness (QED) is 0.287. The van der Waals surface area contributed by atoms with Crippen molar-refractivity contribution >= 4 is 22.3 Å². The number of rotatable bonds is 8. The molecule has 0 aliphatic carbocycles. The number of nitrogens with zero attached hydrogens (tertiary/aromatic N) is 2. The molecule has 7 rings (SSSR count). The molecule has 3 aliphatic heterocycles. The fourth-order valence-electron chi connectivity index (χ4n) is 6.13. The van der Waals surface area contributed by atoms with Crippen LogP contribution < -0.4 is 21.5 Å². The van der Waals surface area contributed by atoms with E-state index in [0.717, 1.165) is 41.5 Å². The molecule has 0 radical (unpaired) electrons. The van der Waals surface area contributed by atoms with Gasteiger partial charge in [-0.15, -0.1) is 6.58 Å². The third kappa shape index (κ3) is 3.91. The second-order valence-corrected chi connectivity index (χ2v) is 10.0. The summed E-state index contributed by atoms with van der Waals surface area (Å²) in [4.78, 5) is 32.5. The minimum Gasteiger partial charge on any atom is -0.376 e. The number of nitrogens with one attached hydrogen (secondary N) is 2. The lowest BCUT2D eigenvalue weighted by molar-refractivity contribution is 0.0105. The van der Waals surface area contributed by atoms with Gasteiger partial charge in [-0.25, -0.2) is 0 Å². The van der Waals surface area contributed by atoms with Crippen LogP contribution in [0.3, 0.4) is 0 Å². The topological polar surface area (TPSA) is 74.3 Å². The van der Waals surface area contributed by atoms with E-state index >= 15 is 0 Å². The van der Waals surface area contributed by atoms with Crippen molar-refractivity contribution in [3.63, 3.8) is 0 Å². The Kier molecular flexibility index (Phi) is 5.89. The van der Waals surface area contributed by atoms with Gasteiger partial charge in [-0.05, 0) is 54.5 Å². The maximum atomic E-state index is 12.8. The van der Waals surface area contributed by atoms with Gasteiger partial charge in [-0.1, -0.05) is 54.6 Å². The third-order valence-electron chi connectivity index (χ3n) is 8.08. The average Bonchev–Trinajstić information content (AvgIpc) is 2.95. The standard InChI is InChI=1S/C30H30N4O2/c1-2-20-18-34-15-13-21(20)16-25(34)26(23-12-14-31-24-11-7-6-10-22(23)24)33-28-27(29(35)30(28)36)32-17-19-8-4-3-5-9-19/h2-12,14,20-21,25-26,32-33H,1,13,15-18H2/t20-,21-,25-,26+/m0/s1. The summed E-state index contributed by atoms with van der Waals surface area (Å²) in [5.41, 5.74) is 2.96. The average molecular weight is 479 g/mol. The fraction of sp³-hybridized carbons (Fsp3) is 0.300. The lowest BCUT2D eigenvalue weighted by Gasteiger charge is -2.52. The van der Waals surface area contributed by atoms with E-state index in [0.29, 0.717) is 29.8 Å². The van der Waals surface area contributed by atoms with Crippen LogP contribution in [0.2, 0.25) is 0 Å². The zero-order valence-corrected chi connectivity index (χ0v) is 20.2. The number of pyridine rings is 1. The second kappa shape index (κ2) is 9.36. The van der Waals surface area contributed by atoms with Gasteiger partial charge >= 0.3 is 0 Å². The summed E-state index contributed by atoms with van der Waals surface area (Å²) < 4.78 is 0. The second-order valence-electron chi connectivity index (χ2n) is 10.0. The highest BCUT2D eigenvalue weighted by Crippen LogP contribution is 2.43. The molecule has 6 heteroatoms. The minimum atomic E-state index is -0.455. The molecule has 36 heavy (non-hydrogen) atoms. The van der Waals surface area contributed by atoms with Crippen LogP contribution in [0.15, 0.2) is 89.1 Å². The third-order valence-corrected chi connectivity index (χ3v) is 8.08. The Morgan fingerprint density at radius 2 is 1.81 bits per heavy atom. The normalized spacial score (nSPS) is 24.0. The molecule has 3 fully saturated rings. The van der Waals surface area contributed by atoms with E-state index in [4.69, 9.17) is 0 Å². The highest BCUT2D eigenvalue weighted by atomic mass is 16.2. The molecular formula is C30H30N4O2. The fourth-order valence-corrected chi connectivity index (χ4v) is 6.13. The highest BCUT2D eigenvalue weighted by molar-refractivity contribution is 5.83. The predicted octanol–water partition coefficient (Wildman–Crippen LogP) is 4.49.